The van der Waals surface area contributed by atoms with Gasteiger partial charge in [0.2, 0.25) is 0 Å². The molecule has 1 aliphatic rings. The van der Waals surface area contributed by atoms with Gasteiger partial charge in [-0.2, -0.15) is 16.9 Å². The van der Waals surface area contributed by atoms with E-state index >= 15 is 0 Å². The lowest BCUT2D eigenvalue weighted by atomic mass is 9.98. The standard InChI is InChI=1S/C12H20N2OS/c1-3-14-11(6-9(2)13-14)7-12(15)10-4-5-16-8-10/h6,10,12,15H,3-5,7-8H2,1-2H3. The molecular formula is C12H20N2OS. The van der Waals surface area contributed by atoms with E-state index in [0.29, 0.717) is 5.92 Å². The Kier molecular flexibility index (Phi) is 3.92. The van der Waals surface area contributed by atoms with Crippen LogP contribution in [0.4, 0.5) is 0 Å². The quantitative estimate of drug-likeness (QED) is 0.873. The molecule has 4 heteroatoms. The minimum absolute atomic E-state index is 0.198. The Morgan fingerprint density at radius 1 is 1.69 bits per heavy atom. The van der Waals surface area contributed by atoms with Gasteiger partial charge in [-0.3, -0.25) is 4.68 Å². The van der Waals surface area contributed by atoms with Crippen molar-refractivity contribution < 1.29 is 5.11 Å². The van der Waals surface area contributed by atoms with Crippen LogP contribution in [0.5, 0.6) is 0 Å². The van der Waals surface area contributed by atoms with Crippen molar-refractivity contribution in [2.45, 2.75) is 39.3 Å². The fourth-order valence-corrected chi connectivity index (χ4v) is 3.60. The number of rotatable bonds is 4. The van der Waals surface area contributed by atoms with Crippen LogP contribution in [0.1, 0.15) is 24.7 Å². The number of nitrogens with zero attached hydrogens (tertiary/aromatic N) is 2. The second-order valence-corrected chi connectivity index (χ2v) is 5.64. The summed E-state index contributed by atoms with van der Waals surface area (Å²) in [4.78, 5) is 0. The van der Waals surface area contributed by atoms with Gasteiger partial charge in [-0.05, 0) is 43.8 Å². The van der Waals surface area contributed by atoms with Crippen LogP contribution < -0.4 is 0 Å². The lowest BCUT2D eigenvalue weighted by Gasteiger charge is -2.17. The Hall–Kier alpha value is -0.480. The molecule has 0 saturated carbocycles. The molecule has 2 unspecified atom stereocenters. The predicted molar refractivity (Wildman–Crippen MR) is 67.8 cm³/mol. The van der Waals surface area contributed by atoms with E-state index in [1.54, 1.807) is 0 Å². The molecule has 1 aromatic rings. The normalized spacial score (nSPS) is 22.6. The maximum atomic E-state index is 10.2. The largest absolute Gasteiger partial charge is 0.392 e. The van der Waals surface area contributed by atoms with Gasteiger partial charge in [0.05, 0.1) is 11.8 Å². The molecule has 1 aliphatic heterocycles. The Labute approximate surface area is 101 Å². The maximum absolute atomic E-state index is 10.2. The third-order valence-corrected chi connectivity index (χ3v) is 4.40. The van der Waals surface area contributed by atoms with Crippen molar-refractivity contribution in [3.8, 4) is 0 Å². The molecule has 0 radical (unpaired) electrons. The number of thioether (sulfide) groups is 1. The molecule has 90 valence electrons. The van der Waals surface area contributed by atoms with E-state index in [9.17, 15) is 5.11 Å². The second kappa shape index (κ2) is 5.23. The first kappa shape index (κ1) is 12.0. The minimum atomic E-state index is -0.198. The summed E-state index contributed by atoms with van der Waals surface area (Å²) in [6.45, 7) is 4.98. The Bertz CT molecular complexity index is 345. The smallest absolute Gasteiger partial charge is 0.0631 e. The van der Waals surface area contributed by atoms with Crippen molar-refractivity contribution >= 4 is 11.8 Å². The number of aryl methyl sites for hydroxylation is 2. The van der Waals surface area contributed by atoms with E-state index in [1.165, 1.54) is 11.4 Å². The fraction of sp³-hybridized carbons (Fsp3) is 0.750. The summed E-state index contributed by atoms with van der Waals surface area (Å²) in [5.41, 5.74) is 2.22. The van der Waals surface area contributed by atoms with Crippen LogP contribution in [-0.2, 0) is 13.0 Å². The van der Waals surface area contributed by atoms with E-state index in [2.05, 4.69) is 18.1 Å². The maximum Gasteiger partial charge on any atom is 0.0631 e. The molecule has 0 aromatic carbocycles. The summed E-state index contributed by atoms with van der Waals surface area (Å²) in [5, 5.41) is 14.6. The third kappa shape index (κ3) is 2.61. The zero-order valence-corrected chi connectivity index (χ0v) is 10.8. The van der Waals surface area contributed by atoms with Crippen LogP contribution in [0.25, 0.3) is 0 Å². The van der Waals surface area contributed by atoms with E-state index in [-0.39, 0.29) is 6.10 Å². The predicted octanol–water partition coefficient (Wildman–Crippen LogP) is 1.87. The number of hydrogen-bond donors (Lipinski definition) is 1. The van der Waals surface area contributed by atoms with Gasteiger partial charge in [0, 0.05) is 18.7 Å². The zero-order valence-electron chi connectivity index (χ0n) is 10.0. The van der Waals surface area contributed by atoms with Gasteiger partial charge in [0.1, 0.15) is 0 Å². The summed E-state index contributed by atoms with van der Waals surface area (Å²) in [6, 6.07) is 2.09. The molecule has 16 heavy (non-hydrogen) atoms. The van der Waals surface area contributed by atoms with Crippen LogP contribution in [0.3, 0.4) is 0 Å². The average Bonchev–Trinajstić information content (AvgIpc) is 2.87. The highest BCUT2D eigenvalue weighted by molar-refractivity contribution is 7.99. The van der Waals surface area contributed by atoms with E-state index in [0.717, 1.165) is 30.8 Å². The summed E-state index contributed by atoms with van der Waals surface area (Å²) in [6.07, 6.45) is 1.71. The van der Waals surface area contributed by atoms with E-state index in [4.69, 9.17) is 0 Å². The molecule has 2 heterocycles. The fourth-order valence-electron chi connectivity index (χ4n) is 2.27. The molecule has 1 saturated heterocycles. The Balaban J connectivity index is 2.01. The summed E-state index contributed by atoms with van der Waals surface area (Å²) in [7, 11) is 0. The first-order valence-electron chi connectivity index (χ1n) is 6.00. The van der Waals surface area contributed by atoms with Gasteiger partial charge >= 0.3 is 0 Å². The van der Waals surface area contributed by atoms with Crippen LogP contribution in [0, 0.1) is 12.8 Å². The first-order valence-corrected chi connectivity index (χ1v) is 7.15. The molecule has 3 nitrogen and oxygen atoms in total. The number of aliphatic hydroxyl groups is 1. The van der Waals surface area contributed by atoms with Gasteiger partial charge in [0.15, 0.2) is 0 Å². The van der Waals surface area contributed by atoms with Crippen molar-refractivity contribution in [1.82, 2.24) is 9.78 Å². The molecule has 1 fully saturated rings. The lowest BCUT2D eigenvalue weighted by Crippen LogP contribution is -2.24. The molecular weight excluding hydrogens is 220 g/mol. The van der Waals surface area contributed by atoms with Gasteiger partial charge in [-0.1, -0.05) is 0 Å². The van der Waals surface area contributed by atoms with Gasteiger partial charge in [-0.25, -0.2) is 0 Å². The minimum Gasteiger partial charge on any atom is -0.392 e. The summed E-state index contributed by atoms with van der Waals surface area (Å²) >= 11 is 1.95. The van der Waals surface area contributed by atoms with Crippen LogP contribution in [0.15, 0.2) is 6.07 Å². The second-order valence-electron chi connectivity index (χ2n) is 4.49. The van der Waals surface area contributed by atoms with E-state index in [1.807, 2.05) is 23.4 Å². The lowest BCUT2D eigenvalue weighted by molar-refractivity contribution is 0.118. The Morgan fingerprint density at radius 3 is 3.12 bits per heavy atom. The molecule has 0 spiro atoms. The van der Waals surface area contributed by atoms with Gasteiger partial charge < -0.3 is 5.11 Å². The number of hydrogen-bond acceptors (Lipinski definition) is 3. The molecule has 2 rings (SSSR count). The molecule has 0 amide bonds. The van der Waals surface area contributed by atoms with E-state index < -0.39 is 0 Å². The van der Waals surface area contributed by atoms with Crippen LogP contribution in [-0.4, -0.2) is 32.5 Å². The van der Waals surface area contributed by atoms with Crippen LogP contribution >= 0.6 is 11.8 Å². The Morgan fingerprint density at radius 2 is 2.50 bits per heavy atom. The van der Waals surface area contributed by atoms with Crippen molar-refractivity contribution in [2.24, 2.45) is 5.92 Å². The van der Waals surface area contributed by atoms with Gasteiger partial charge in [0.25, 0.3) is 0 Å². The van der Waals surface area contributed by atoms with Crippen molar-refractivity contribution in [1.29, 1.82) is 0 Å². The van der Waals surface area contributed by atoms with Crippen LogP contribution in [0.2, 0.25) is 0 Å². The third-order valence-electron chi connectivity index (χ3n) is 3.21. The van der Waals surface area contributed by atoms with Gasteiger partial charge in [-0.15, -0.1) is 0 Å². The monoisotopic (exact) mass is 240 g/mol. The summed E-state index contributed by atoms with van der Waals surface area (Å²) < 4.78 is 2.00. The topological polar surface area (TPSA) is 38.0 Å². The van der Waals surface area contributed by atoms with Crippen molar-refractivity contribution in [3.63, 3.8) is 0 Å². The molecule has 1 aromatic heterocycles. The first-order chi connectivity index (χ1) is 7.70. The average molecular weight is 240 g/mol. The zero-order chi connectivity index (χ0) is 11.5. The summed E-state index contributed by atoms with van der Waals surface area (Å²) in [5.74, 6) is 2.79. The van der Waals surface area contributed by atoms with Crippen molar-refractivity contribution in [2.75, 3.05) is 11.5 Å². The highest BCUT2D eigenvalue weighted by atomic mass is 32.2. The highest BCUT2D eigenvalue weighted by Gasteiger charge is 2.24. The molecule has 0 aliphatic carbocycles. The highest BCUT2D eigenvalue weighted by Crippen LogP contribution is 2.27. The number of aromatic nitrogens is 2. The number of aliphatic hydroxyl groups excluding tert-OH is 1. The molecule has 2 atom stereocenters. The molecule has 0 bridgehead atoms. The molecule has 1 N–H and O–H groups in total. The van der Waals surface area contributed by atoms with Crippen molar-refractivity contribution in [3.05, 3.63) is 17.5 Å². The SMILES string of the molecule is CCn1nc(C)cc1CC(O)C1CCSC1.